The molecule has 1 amide bonds. The molecule has 1 aliphatic carbocycles. The van der Waals surface area contributed by atoms with Gasteiger partial charge in [0.2, 0.25) is 0 Å². The Hall–Kier alpha value is -2.92. The normalized spacial score (nSPS) is 12.3. The molecule has 0 aromatic heterocycles. The van der Waals surface area contributed by atoms with Crippen LogP contribution in [-0.2, 0) is 16.3 Å². The highest BCUT2D eigenvalue weighted by atomic mass is 32.2. The second-order valence-electron chi connectivity index (χ2n) is 6.46. The predicted octanol–water partition coefficient (Wildman–Crippen LogP) is 3.91. The number of hydrogen-bond acceptors (Lipinski definition) is 3. The number of fused-ring (bicyclic) bond motifs is 3. The molecule has 3 aromatic rings. The third-order valence-electron chi connectivity index (χ3n) is 4.60. The fourth-order valence-corrected chi connectivity index (χ4v) is 3.91. The van der Waals surface area contributed by atoms with Gasteiger partial charge in [0.25, 0.3) is 5.91 Å². The maximum absolute atomic E-state index is 12.4. The molecule has 0 heterocycles. The Morgan fingerprint density at radius 1 is 0.885 bits per heavy atom. The third-order valence-corrected chi connectivity index (χ3v) is 5.72. The minimum atomic E-state index is -3.27. The molecule has 4 rings (SSSR count). The number of sulfone groups is 1. The minimum absolute atomic E-state index is 0.198. The van der Waals surface area contributed by atoms with E-state index in [1.165, 1.54) is 46.5 Å². The van der Waals surface area contributed by atoms with E-state index in [0.717, 1.165) is 18.4 Å². The lowest BCUT2D eigenvalue weighted by atomic mass is 10.1. The van der Waals surface area contributed by atoms with Crippen molar-refractivity contribution in [3.05, 3.63) is 83.4 Å². The lowest BCUT2D eigenvalue weighted by Gasteiger charge is -2.08. The van der Waals surface area contributed by atoms with Crippen LogP contribution in [0, 0.1) is 0 Å². The summed E-state index contributed by atoms with van der Waals surface area (Å²) < 4.78 is 23.0. The highest BCUT2D eigenvalue weighted by Crippen LogP contribution is 2.37. The van der Waals surface area contributed by atoms with E-state index in [-0.39, 0.29) is 10.8 Å². The van der Waals surface area contributed by atoms with Crippen molar-refractivity contribution in [2.24, 2.45) is 0 Å². The molecule has 5 heteroatoms. The van der Waals surface area contributed by atoms with E-state index < -0.39 is 9.84 Å². The molecule has 4 nitrogen and oxygen atoms in total. The second kappa shape index (κ2) is 6.11. The van der Waals surface area contributed by atoms with Gasteiger partial charge in [-0.1, -0.05) is 30.3 Å². The van der Waals surface area contributed by atoms with Gasteiger partial charge in [0, 0.05) is 17.5 Å². The SMILES string of the molecule is CS(=O)(=O)c1ccc(C(=O)Nc2ccc3c(c2)Cc2ccccc2-3)cc1. The van der Waals surface area contributed by atoms with Gasteiger partial charge in [0.1, 0.15) is 0 Å². The summed E-state index contributed by atoms with van der Waals surface area (Å²) in [6.07, 6.45) is 2.00. The van der Waals surface area contributed by atoms with Gasteiger partial charge < -0.3 is 5.32 Å². The summed E-state index contributed by atoms with van der Waals surface area (Å²) in [5, 5.41) is 2.88. The summed E-state index contributed by atoms with van der Waals surface area (Å²) in [6.45, 7) is 0. The fraction of sp³-hybridized carbons (Fsp3) is 0.0952. The molecule has 0 unspecified atom stereocenters. The molecule has 0 atom stereocenters. The fourth-order valence-electron chi connectivity index (χ4n) is 3.28. The molecule has 0 aliphatic heterocycles. The van der Waals surface area contributed by atoms with Gasteiger partial charge in [-0.2, -0.15) is 0 Å². The maximum atomic E-state index is 12.4. The summed E-state index contributed by atoms with van der Waals surface area (Å²) in [4.78, 5) is 12.6. The van der Waals surface area contributed by atoms with E-state index in [4.69, 9.17) is 0 Å². The van der Waals surface area contributed by atoms with Crippen LogP contribution in [0.3, 0.4) is 0 Å². The number of nitrogens with one attached hydrogen (secondary N) is 1. The number of carbonyl (C=O) groups excluding carboxylic acids is 1. The summed E-state index contributed by atoms with van der Waals surface area (Å²) >= 11 is 0. The molecule has 0 saturated carbocycles. The van der Waals surface area contributed by atoms with Crippen LogP contribution in [-0.4, -0.2) is 20.6 Å². The monoisotopic (exact) mass is 363 g/mol. The first kappa shape index (κ1) is 16.5. The van der Waals surface area contributed by atoms with Crippen LogP contribution in [0.15, 0.2) is 71.6 Å². The highest BCUT2D eigenvalue weighted by molar-refractivity contribution is 7.90. The van der Waals surface area contributed by atoms with Crippen molar-refractivity contribution in [2.45, 2.75) is 11.3 Å². The van der Waals surface area contributed by atoms with Gasteiger partial charge in [-0.15, -0.1) is 0 Å². The quantitative estimate of drug-likeness (QED) is 0.600. The van der Waals surface area contributed by atoms with Gasteiger partial charge >= 0.3 is 0 Å². The van der Waals surface area contributed by atoms with Crippen LogP contribution in [0.5, 0.6) is 0 Å². The number of rotatable bonds is 3. The minimum Gasteiger partial charge on any atom is -0.322 e. The molecule has 0 fully saturated rings. The number of amides is 1. The van der Waals surface area contributed by atoms with Crippen LogP contribution < -0.4 is 5.32 Å². The first-order valence-corrected chi connectivity index (χ1v) is 10.1. The molecule has 0 spiro atoms. The molecular formula is C21H17NO3S. The lowest BCUT2D eigenvalue weighted by Crippen LogP contribution is -2.12. The second-order valence-corrected chi connectivity index (χ2v) is 8.47. The summed E-state index contributed by atoms with van der Waals surface area (Å²) in [5.41, 5.74) is 6.08. The zero-order chi connectivity index (χ0) is 18.3. The maximum Gasteiger partial charge on any atom is 0.255 e. The van der Waals surface area contributed by atoms with Gasteiger partial charge in [0.15, 0.2) is 9.84 Å². The number of benzene rings is 3. The zero-order valence-corrected chi connectivity index (χ0v) is 15.0. The standard InChI is InChI=1S/C21H17NO3S/c1-26(24,25)18-9-6-14(7-10-18)21(23)22-17-8-11-20-16(13-17)12-15-4-2-3-5-19(15)20/h2-11,13H,12H2,1H3,(H,22,23). The molecule has 1 aliphatic rings. The van der Waals surface area contributed by atoms with Crippen molar-refractivity contribution in [1.82, 2.24) is 0 Å². The Balaban J connectivity index is 1.55. The van der Waals surface area contributed by atoms with Crippen LogP contribution in [0.1, 0.15) is 21.5 Å². The Labute approximate surface area is 152 Å². The summed E-state index contributed by atoms with van der Waals surface area (Å²) in [6, 6.07) is 20.2. The van der Waals surface area contributed by atoms with Crippen molar-refractivity contribution in [3.8, 4) is 11.1 Å². The average molecular weight is 363 g/mol. The molecule has 1 N–H and O–H groups in total. The van der Waals surface area contributed by atoms with Crippen molar-refractivity contribution in [1.29, 1.82) is 0 Å². The van der Waals surface area contributed by atoms with E-state index in [2.05, 4.69) is 17.4 Å². The van der Waals surface area contributed by atoms with Gasteiger partial charge in [-0.05, 0) is 65.1 Å². The average Bonchev–Trinajstić information content (AvgIpc) is 2.98. The van der Waals surface area contributed by atoms with E-state index >= 15 is 0 Å². The van der Waals surface area contributed by atoms with E-state index in [9.17, 15) is 13.2 Å². The molecule has 0 saturated heterocycles. The van der Waals surface area contributed by atoms with Crippen LogP contribution >= 0.6 is 0 Å². The van der Waals surface area contributed by atoms with Gasteiger partial charge in [-0.3, -0.25) is 4.79 Å². The third kappa shape index (κ3) is 3.02. The Morgan fingerprint density at radius 3 is 2.31 bits per heavy atom. The Kier molecular flexibility index (Phi) is 3.89. The molecule has 130 valence electrons. The van der Waals surface area contributed by atoms with Gasteiger partial charge in [0.05, 0.1) is 4.90 Å². The number of anilines is 1. The first-order valence-electron chi connectivity index (χ1n) is 8.24. The number of hydrogen-bond donors (Lipinski definition) is 1. The largest absolute Gasteiger partial charge is 0.322 e. The molecule has 3 aromatic carbocycles. The zero-order valence-electron chi connectivity index (χ0n) is 14.2. The van der Waals surface area contributed by atoms with Crippen molar-refractivity contribution in [2.75, 3.05) is 11.6 Å². The Morgan fingerprint density at radius 2 is 1.58 bits per heavy atom. The Bertz CT molecular complexity index is 1120. The van der Waals surface area contributed by atoms with Crippen LogP contribution in [0.2, 0.25) is 0 Å². The number of carbonyl (C=O) groups is 1. The topological polar surface area (TPSA) is 63.2 Å². The van der Waals surface area contributed by atoms with E-state index in [1.807, 2.05) is 30.3 Å². The molecule has 0 radical (unpaired) electrons. The van der Waals surface area contributed by atoms with Crippen molar-refractivity contribution < 1.29 is 13.2 Å². The molecular weight excluding hydrogens is 346 g/mol. The van der Waals surface area contributed by atoms with Crippen LogP contribution in [0.4, 0.5) is 5.69 Å². The summed E-state index contributed by atoms with van der Waals surface area (Å²) in [7, 11) is -3.27. The van der Waals surface area contributed by atoms with Crippen molar-refractivity contribution >= 4 is 21.4 Å². The summed E-state index contributed by atoms with van der Waals surface area (Å²) in [5.74, 6) is -0.263. The molecule has 26 heavy (non-hydrogen) atoms. The van der Waals surface area contributed by atoms with Gasteiger partial charge in [-0.25, -0.2) is 8.42 Å². The first-order chi connectivity index (χ1) is 12.4. The smallest absolute Gasteiger partial charge is 0.255 e. The van der Waals surface area contributed by atoms with E-state index in [1.54, 1.807) is 0 Å². The predicted molar refractivity (Wildman–Crippen MR) is 102 cm³/mol. The highest BCUT2D eigenvalue weighted by Gasteiger charge is 2.18. The lowest BCUT2D eigenvalue weighted by molar-refractivity contribution is 0.102. The van der Waals surface area contributed by atoms with E-state index in [0.29, 0.717) is 5.56 Å². The van der Waals surface area contributed by atoms with Crippen molar-refractivity contribution in [3.63, 3.8) is 0 Å². The molecule has 0 bridgehead atoms. The van der Waals surface area contributed by atoms with Crippen LogP contribution in [0.25, 0.3) is 11.1 Å².